The molecule has 1 fully saturated rings. The lowest BCUT2D eigenvalue weighted by Gasteiger charge is -2.28. The number of rotatable bonds is 4. The predicted octanol–water partition coefficient (Wildman–Crippen LogP) is 2.18. The third kappa shape index (κ3) is 2.98. The summed E-state index contributed by atoms with van der Waals surface area (Å²) in [6, 6.07) is 7.43. The lowest BCUT2D eigenvalue weighted by atomic mass is 9.96. The zero-order valence-electron chi connectivity index (χ0n) is 9.74. The minimum Gasteiger partial charge on any atom is -0.394 e. The van der Waals surface area contributed by atoms with Gasteiger partial charge in [0.25, 0.3) is 5.91 Å². The third-order valence-corrected chi connectivity index (χ3v) is 4.03. The van der Waals surface area contributed by atoms with E-state index in [9.17, 15) is 9.90 Å². The maximum Gasteiger partial charge on any atom is 0.251 e. The second kappa shape index (κ2) is 4.94. The van der Waals surface area contributed by atoms with Gasteiger partial charge in [-0.25, -0.2) is 0 Å². The highest BCUT2D eigenvalue weighted by Crippen LogP contribution is 2.39. The van der Waals surface area contributed by atoms with E-state index in [0.717, 1.165) is 16.4 Å². The fraction of sp³-hybridized carbons (Fsp3) is 0.462. The van der Waals surface area contributed by atoms with E-state index in [2.05, 4.69) is 27.9 Å². The fourth-order valence-electron chi connectivity index (χ4n) is 1.92. The molecular weight excluding hydrogens is 329 g/mol. The number of aliphatic hydroxyl groups is 1. The lowest BCUT2D eigenvalue weighted by molar-refractivity contribution is 0.0824. The van der Waals surface area contributed by atoms with Crippen LogP contribution in [-0.2, 0) is 0 Å². The van der Waals surface area contributed by atoms with Crippen LogP contribution in [0.2, 0.25) is 0 Å². The summed E-state index contributed by atoms with van der Waals surface area (Å²) in [6.07, 6.45) is 2.17. The third-order valence-electron chi connectivity index (χ3n) is 3.31. The highest BCUT2D eigenvalue weighted by Gasteiger charge is 2.42. The molecule has 0 aliphatic heterocycles. The summed E-state index contributed by atoms with van der Waals surface area (Å²) in [5.41, 5.74) is 0.172. The number of carbonyl (C=O) groups is 1. The van der Waals surface area contributed by atoms with E-state index >= 15 is 0 Å². The predicted molar refractivity (Wildman–Crippen MR) is 74.8 cm³/mol. The molecule has 0 bridgehead atoms. The fourth-order valence-corrected chi connectivity index (χ4v) is 2.28. The van der Waals surface area contributed by atoms with Gasteiger partial charge in [-0.3, -0.25) is 4.79 Å². The molecule has 0 radical (unpaired) electrons. The summed E-state index contributed by atoms with van der Waals surface area (Å²) in [5, 5.41) is 12.4. The Hall–Kier alpha value is -0.620. The van der Waals surface area contributed by atoms with Crippen LogP contribution >= 0.6 is 22.6 Å². The van der Waals surface area contributed by atoms with Gasteiger partial charge in [0.1, 0.15) is 0 Å². The number of amides is 1. The molecule has 1 aromatic rings. The van der Waals surface area contributed by atoms with Gasteiger partial charge in [-0.2, -0.15) is 0 Å². The van der Waals surface area contributed by atoms with E-state index < -0.39 is 5.54 Å². The molecule has 2 rings (SSSR count). The van der Waals surface area contributed by atoms with Crippen LogP contribution in [0.5, 0.6) is 0 Å². The molecule has 3 nitrogen and oxygen atoms in total. The van der Waals surface area contributed by atoms with Crippen molar-refractivity contribution in [2.75, 3.05) is 6.61 Å². The van der Waals surface area contributed by atoms with Crippen molar-refractivity contribution in [1.82, 2.24) is 5.32 Å². The molecule has 1 aliphatic carbocycles. The van der Waals surface area contributed by atoms with Gasteiger partial charge >= 0.3 is 0 Å². The van der Waals surface area contributed by atoms with Crippen molar-refractivity contribution in [1.29, 1.82) is 0 Å². The Balaban J connectivity index is 2.07. The lowest BCUT2D eigenvalue weighted by Crippen LogP contribution is -2.50. The topological polar surface area (TPSA) is 49.3 Å². The second-order valence-corrected chi connectivity index (χ2v) is 6.06. The van der Waals surface area contributed by atoms with Gasteiger partial charge in [0.15, 0.2) is 0 Å². The van der Waals surface area contributed by atoms with Gasteiger partial charge in [-0.1, -0.05) is 0 Å². The average Bonchev–Trinajstić information content (AvgIpc) is 3.13. The van der Waals surface area contributed by atoms with Crippen LogP contribution in [0.15, 0.2) is 24.3 Å². The van der Waals surface area contributed by atoms with E-state index in [0.29, 0.717) is 11.5 Å². The molecule has 0 aromatic heterocycles. The number of nitrogens with one attached hydrogen (secondary N) is 1. The molecule has 1 aromatic carbocycles. The maximum absolute atomic E-state index is 12.0. The molecule has 17 heavy (non-hydrogen) atoms. The summed E-state index contributed by atoms with van der Waals surface area (Å²) < 4.78 is 1.10. The average molecular weight is 345 g/mol. The molecule has 92 valence electrons. The molecule has 0 heterocycles. The van der Waals surface area contributed by atoms with Crippen LogP contribution in [0.25, 0.3) is 0 Å². The summed E-state index contributed by atoms with van der Waals surface area (Å²) in [4.78, 5) is 12.0. The van der Waals surface area contributed by atoms with Crippen molar-refractivity contribution < 1.29 is 9.90 Å². The zero-order valence-corrected chi connectivity index (χ0v) is 11.9. The Bertz CT molecular complexity index is 414. The first-order valence-corrected chi connectivity index (χ1v) is 6.82. The van der Waals surface area contributed by atoms with Crippen LogP contribution in [0, 0.1) is 9.49 Å². The molecule has 0 spiro atoms. The van der Waals surface area contributed by atoms with E-state index in [1.54, 1.807) is 0 Å². The molecule has 0 saturated heterocycles. The number of halogens is 1. The number of hydrogen-bond donors (Lipinski definition) is 2. The number of hydrogen-bond acceptors (Lipinski definition) is 2. The Morgan fingerprint density at radius 3 is 2.53 bits per heavy atom. The minimum absolute atomic E-state index is 0.00618. The van der Waals surface area contributed by atoms with Crippen molar-refractivity contribution in [3.05, 3.63) is 33.4 Å². The normalized spacial score (nSPS) is 18.5. The van der Waals surface area contributed by atoms with Gasteiger partial charge in [0, 0.05) is 9.13 Å². The summed E-state index contributed by atoms with van der Waals surface area (Å²) in [5.74, 6) is 0.310. The van der Waals surface area contributed by atoms with Gasteiger partial charge in [-0.05, 0) is 72.5 Å². The standard InChI is InChI=1S/C13H16INO2/c1-13(8-16,10-4-5-10)15-12(17)9-2-6-11(14)7-3-9/h2-3,6-7,10,16H,4-5,8H2,1H3,(H,15,17). The highest BCUT2D eigenvalue weighted by atomic mass is 127. The van der Waals surface area contributed by atoms with Gasteiger partial charge in [0.05, 0.1) is 12.1 Å². The quantitative estimate of drug-likeness (QED) is 0.822. The van der Waals surface area contributed by atoms with E-state index in [1.165, 1.54) is 0 Å². The zero-order chi connectivity index (χ0) is 12.5. The van der Waals surface area contributed by atoms with Crippen LogP contribution in [-0.4, -0.2) is 23.2 Å². The SMILES string of the molecule is CC(CO)(NC(=O)c1ccc(I)cc1)C1CC1. The van der Waals surface area contributed by atoms with E-state index in [-0.39, 0.29) is 12.5 Å². The Kier molecular flexibility index (Phi) is 3.73. The molecular formula is C13H16INO2. The van der Waals surface area contributed by atoms with Gasteiger partial charge in [0.2, 0.25) is 0 Å². The largest absolute Gasteiger partial charge is 0.394 e. The molecule has 1 atom stereocenters. The molecule has 1 amide bonds. The number of benzene rings is 1. The smallest absolute Gasteiger partial charge is 0.251 e. The van der Waals surface area contributed by atoms with Crippen LogP contribution in [0.3, 0.4) is 0 Å². The Morgan fingerprint density at radius 1 is 1.47 bits per heavy atom. The maximum atomic E-state index is 12.0. The first-order chi connectivity index (χ1) is 8.05. The molecule has 2 N–H and O–H groups in total. The van der Waals surface area contributed by atoms with Crippen molar-refractivity contribution >= 4 is 28.5 Å². The first-order valence-electron chi connectivity index (χ1n) is 5.74. The Labute approximate surface area is 115 Å². The summed E-state index contributed by atoms with van der Waals surface area (Å²) in [7, 11) is 0. The van der Waals surface area contributed by atoms with Crippen molar-refractivity contribution in [3.8, 4) is 0 Å². The van der Waals surface area contributed by atoms with Gasteiger partial charge in [-0.15, -0.1) is 0 Å². The van der Waals surface area contributed by atoms with E-state index in [1.807, 2.05) is 31.2 Å². The minimum atomic E-state index is -0.472. The van der Waals surface area contributed by atoms with E-state index in [4.69, 9.17) is 0 Å². The van der Waals surface area contributed by atoms with Crippen molar-refractivity contribution in [2.24, 2.45) is 5.92 Å². The molecule has 4 heteroatoms. The van der Waals surface area contributed by atoms with Crippen molar-refractivity contribution in [3.63, 3.8) is 0 Å². The second-order valence-electron chi connectivity index (χ2n) is 4.81. The van der Waals surface area contributed by atoms with Crippen LogP contribution in [0.4, 0.5) is 0 Å². The monoisotopic (exact) mass is 345 g/mol. The number of aliphatic hydroxyl groups excluding tert-OH is 1. The molecule has 1 saturated carbocycles. The van der Waals surface area contributed by atoms with Crippen LogP contribution in [0.1, 0.15) is 30.1 Å². The number of carbonyl (C=O) groups excluding carboxylic acids is 1. The molecule has 1 unspecified atom stereocenters. The summed E-state index contributed by atoms with van der Waals surface area (Å²) in [6.45, 7) is 1.91. The van der Waals surface area contributed by atoms with Crippen LogP contribution < -0.4 is 5.32 Å². The highest BCUT2D eigenvalue weighted by molar-refractivity contribution is 14.1. The summed E-state index contributed by atoms with van der Waals surface area (Å²) >= 11 is 2.20. The first kappa shape index (κ1) is 12.8. The van der Waals surface area contributed by atoms with Crippen molar-refractivity contribution in [2.45, 2.75) is 25.3 Å². The van der Waals surface area contributed by atoms with Gasteiger partial charge < -0.3 is 10.4 Å². The molecule has 1 aliphatic rings. The Morgan fingerprint density at radius 2 is 2.06 bits per heavy atom.